The number of aliphatic hydroxyl groups is 1. The maximum absolute atomic E-state index is 9.61. The Kier molecular flexibility index (Phi) is 2.35. The summed E-state index contributed by atoms with van der Waals surface area (Å²) in [6.07, 6.45) is 1.45. The molecule has 3 unspecified atom stereocenters. The van der Waals surface area contributed by atoms with Crippen LogP contribution in [0.2, 0.25) is 0 Å². The van der Waals surface area contributed by atoms with Gasteiger partial charge >= 0.3 is 0 Å². The molecular weight excluding hydrogens is 154 g/mol. The summed E-state index contributed by atoms with van der Waals surface area (Å²) in [5.41, 5.74) is 0. The Morgan fingerprint density at radius 3 is 2.75 bits per heavy atom. The molecule has 0 spiro atoms. The molecule has 3 atom stereocenters. The van der Waals surface area contributed by atoms with Gasteiger partial charge in [0, 0.05) is 19.6 Å². The molecule has 2 saturated heterocycles. The molecule has 1 N–H and O–H groups in total. The van der Waals surface area contributed by atoms with Gasteiger partial charge in [-0.1, -0.05) is 6.92 Å². The van der Waals surface area contributed by atoms with E-state index in [4.69, 9.17) is 4.74 Å². The highest BCUT2D eigenvalue weighted by atomic mass is 16.6. The van der Waals surface area contributed by atoms with Gasteiger partial charge in [0.05, 0.1) is 18.8 Å². The maximum atomic E-state index is 9.61. The Morgan fingerprint density at radius 2 is 2.25 bits per heavy atom. The Bertz CT molecular complexity index is 159. The van der Waals surface area contributed by atoms with E-state index in [1.54, 1.807) is 0 Å². The molecule has 0 bridgehead atoms. The Labute approximate surface area is 73.3 Å². The number of β-amino-alcohol motifs (C(OH)–C–C–N with tert-alkyl or cyclic N) is 1. The predicted molar refractivity (Wildman–Crippen MR) is 46.0 cm³/mol. The van der Waals surface area contributed by atoms with Crippen molar-refractivity contribution in [1.29, 1.82) is 0 Å². The molecule has 0 radical (unpaired) electrons. The molecule has 70 valence electrons. The third-order valence-electron chi connectivity index (χ3n) is 2.87. The zero-order valence-corrected chi connectivity index (χ0v) is 7.57. The van der Waals surface area contributed by atoms with E-state index in [1.807, 2.05) is 0 Å². The van der Waals surface area contributed by atoms with Crippen molar-refractivity contribution in [2.24, 2.45) is 5.92 Å². The molecule has 0 aromatic carbocycles. The Hall–Kier alpha value is -0.120. The monoisotopic (exact) mass is 171 g/mol. The van der Waals surface area contributed by atoms with Crippen molar-refractivity contribution in [3.63, 3.8) is 0 Å². The highest BCUT2D eigenvalue weighted by Crippen LogP contribution is 2.22. The fourth-order valence-electron chi connectivity index (χ4n) is 1.95. The molecule has 2 heterocycles. The fourth-order valence-corrected chi connectivity index (χ4v) is 1.95. The minimum absolute atomic E-state index is 0.103. The van der Waals surface area contributed by atoms with Crippen molar-refractivity contribution in [1.82, 2.24) is 4.90 Å². The first-order valence-corrected chi connectivity index (χ1v) is 4.81. The van der Waals surface area contributed by atoms with Crippen LogP contribution in [0.15, 0.2) is 0 Å². The van der Waals surface area contributed by atoms with Crippen LogP contribution in [0.5, 0.6) is 0 Å². The zero-order chi connectivity index (χ0) is 8.55. The molecule has 12 heavy (non-hydrogen) atoms. The van der Waals surface area contributed by atoms with E-state index in [0.717, 1.165) is 32.7 Å². The summed E-state index contributed by atoms with van der Waals surface area (Å²) < 4.78 is 5.15. The zero-order valence-electron chi connectivity index (χ0n) is 7.57. The highest BCUT2D eigenvalue weighted by Gasteiger charge is 2.33. The smallest absolute Gasteiger partial charge is 0.0936 e. The summed E-state index contributed by atoms with van der Waals surface area (Å²) in [7, 11) is 0. The van der Waals surface area contributed by atoms with Crippen LogP contribution in [-0.4, -0.2) is 48.5 Å². The minimum atomic E-state index is -0.103. The fraction of sp³-hybridized carbons (Fsp3) is 1.00. The third kappa shape index (κ3) is 1.79. The lowest BCUT2D eigenvalue weighted by atomic mass is 10.0. The summed E-state index contributed by atoms with van der Waals surface area (Å²) in [5, 5.41) is 9.61. The second-order valence-corrected chi connectivity index (χ2v) is 3.91. The van der Waals surface area contributed by atoms with Gasteiger partial charge in [-0.3, -0.25) is 4.90 Å². The van der Waals surface area contributed by atoms with Crippen LogP contribution in [0.4, 0.5) is 0 Å². The van der Waals surface area contributed by atoms with Crippen LogP contribution in [-0.2, 0) is 4.74 Å². The molecular formula is C9H17NO2. The highest BCUT2D eigenvalue weighted by molar-refractivity contribution is 4.86. The van der Waals surface area contributed by atoms with Crippen molar-refractivity contribution in [2.45, 2.75) is 25.6 Å². The van der Waals surface area contributed by atoms with Gasteiger partial charge in [0.2, 0.25) is 0 Å². The molecule has 3 nitrogen and oxygen atoms in total. The van der Waals surface area contributed by atoms with Crippen molar-refractivity contribution < 1.29 is 9.84 Å². The Morgan fingerprint density at radius 1 is 1.50 bits per heavy atom. The van der Waals surface area contributed by atoms with E-state index in [0.29, 0.717) is 12.0 Å². The van der Waals surface area contributed by atoms with Gasteiger partial charge in [-0.2, -0.15) is 0 Å². The van der Waals surface area contributed by atoms with Gasteiger partial charge in [-0.25, -0.2) is 0 Å². The van der Waals surface area contributed by atoms with E-state index in [9.17, 15) is 5.11 Å². The maximum Gasteiger partial charge on any atom is 0.0936 e. The normalized spacial score (nSPS) is 42.0. The Balaban J connectivity index is 1.78. The number of rotatable bonds is 3. The molecule has 0 amide bonds. The van der Waals surface area contributed by atoms with Gasteiger partial charge in [-0.05, 0) is 12.3 Å². The lowest BCUT2D eigenvalue weighted by Crippen LogP contribution is -2.26. The van der Waals surface area contributed by atoms with Gasteiger partial charge in [0.15, 0.2) is 0 Å². The summed E-state index contributed by atoms with van der Waals surface area (Å²) in [6.45, 7) is 5.98. The standard InChI is InChI=1S/C9H17NO2/c1-2-7-3-10(5-9(7)11)4-8-6-12-8/h7-9,11H,2-6H2,1H3. The average Bonchev–Trinajstić information content (AvgIpc) is 2.76. The molecule has 2 aliphatic rings. The lowest BCUT2D eigenvalue weighted by Gasteiger charge is -2.12. The summed E-state index contributed by atoms with van der Waals surface area (Å²) >= 11 is 0. The number of hydrogen-bond donors (Lipinski definition) is 1. The van der Waals surface area contributed by atoms with E-state index in [1.165, 1.54) is 0 Å². The van der Waals surface area contributed by atoms with Gasteiger partial charge in [0.25, 0.3) is 0 Å². The molecule has 0 aromatic rings. The average molecular weight is 171 g/mol. The SMILES string of the molecule is CCC1CN(CC2CO2)CC1O. The number of nitrogens with zero attached hydrogens (tertiary/aromatic N) is 1. The van der Waals surface area contributed by atoms with Crippen LogP contribution in [0.25, 0.3) is 0 Å². The van der Waals surface area contributed by atoms with E-state index >= 15 is 0 Å². The molecule has 0 saturated carbocycles. The van der Waals surface area contributed by atoms with Crippen LogP contribution >= 0.6 is 0 Å². The van der Waals surface area contributed by atoms with Crippen LogP contribution in [0.1, 0.15) is 13.3 Å². The van der Waals surface area contributed by atoms with Crippen molar-refractivity contribution in [2.75, 3.05) is 26.2 Å². The van der Waals surface area contributed by atoms with Crippen LogP contribution in [0, 0.1) is 5.92 Å². The molecule has 3 heteroatoms. The number of aliphatic hydroxyl groups excluding tert-OH is 1. The molecule has 2 aliphatic heterocycles. The number of epoxide rings is 1. The molecule has 2 rings (SSSR count). The number of hydrogen-bond acceptors (Lipinski definition) is 3. The summed E-state index contributed by atoms with van der Waals surface area (Å²) in [5.74, 6) is 0.490. The quantitative estimate of drug-likeness (QED) is 0.611. The van der Waals surface area contributed by atoms with Gasteiger partial charge in [0.1, 0.15) is 0 Å². The second-order valence-electron chi connectivity index (χ2n) is 3.91. The topological polar surface area (TPSA) is 36.0 Å². The molecule has 0 aromatic heterocycles. The van der Waals surface area contributed by atoms with Crippen LogP contribution in [0.3, 0.4) is 0 Å². The van der Waals surface area contributed by atoms with E-state index < -0.39 is 0 Å². The van der Waals surface area contributed by atoms with Crippen molar-refractivity contribution in [3.8, 4) is 0 Å². The summed E-state index contributed by atoms with van der Waals surface area (Å²) in [4.78, 5) is 2.32. The van der Waals surface area contributed by atoms with Crippen LogP contribution < -0.4 is 0 Å². The van der Waals surface area contributed by atoms with Gasteiger partial charge < -0.3 is 9.84 Å². The van der Waals surface area contributed by atoms with Gasteiger partial charge in [-0.15, -0.1) is 0 Å². The lowest BCUT2D eigenvalue weighted by molar-refractivity contribution is 0.139. The van der Waals surface area contributed by atoms with Crippen molar-refractivity contribution in [3.05, 3.63) is 0 Å². The van der Waals surface area contributed by atoms with E-state index in [-0.39, 0.29) is 6.10 Å². The third-order valence-corrected chi connectivity index (χ3v) is 2.87. The largest absolute Gasteiger partial charge is 0.391 e. The number of ether oxygens (including phenoxy) is 1. The van der Waals surface area contributed by atoms with Crippen molar-refractivity contribution >= 4 is 0 Å². The molecule has 2 fully saturated rings. The second kappa shape index (κ2) is 3.32. The molecule has 0 aliphatic carbocycles. The predicted octanol–water partition coefficient (Wildman–Crippen LogP) is 0.0879. The van der Waals surface area contributed by atoms with E-state index in [2.05, 4.69) is 11.8 Å². The first kappa shape index (κ1) is 8.48. The number of likely N-dealkylation sites (tertiary alicyclic amines) is 1. The minimum Gasteiger partial charge on any atom is -0.391 e. The first-order chi connectivity index (χ1) is 5.79. The summed E-state index contributed by atoms with van der Waals surface area (Å²) in [6, 6.07) is 0. The first-order valence-electron chi connectivity index (χ1n) is 4.81.